The Balaban J connectivity index is 2.32. The van der Waals surface area contributed by atoms with E-state index < -0.39 is 0 Å². The maximum atomic E-state index is 11.6. The first kappa shape index (κ1) is 20.7. The van der Waals surface area contributed by atoms with Crippen LogP contribution in [0.3, 0.4) is 0 Å². The minimum Gasteiger partial charge on any atom is -0.493 e. The molecule has 0 N–H and O–H groups in total. The molecule has 7 heteroatoms. The zero-order valence-electron chi connectivity index (χ0n) is 16.4. The van der Waals surface area contributed by atoms with Crippen LogP contribution in [0.25, 0.3) is 0 Å². The maximum Gasteiger partial charge on any atom is 0.305 e. The number of nitrogens with zero attached hydrogens (tertiary/aromatic N) is 1. The zero-order chi connectivity index (χ0) is 19.8. The van der Waals surface area contributed by atoms with E-state index in [9.17, 15) is 9.59 Å². The molecule has 2 rings (SSSR count). The topological polar surface area (TPSA) is 83.4 Å². The van der Waals surface area contributed by atoms with E-state index in [4.69, 9.17) is 23.9 Å². The molecule has 1 aliphatic heterocycles. The second kappa shape index (κ2) is 9.94. The molecule has 0 aliphatic carbocycles. The van der Waals surface area contributed by atoms with Gasteiger partial charge in [-0.1, -0.05) is 0 Å². The number of rotatable bonds is 9. The third-order valence-electron chi connectivity index (χ3n) is 4.78. The quantitative estimate of drug-likeness (QED) is 0.615. The van der Waals surface area contributed by atoms with Gasteiger partial charge in [0.15, 0.2) is 11.5 Å². The summed E-state index contributed by atoms with van der Waals surface area (Å²) in [5.74, 6) is 0.702. The molecular formula is C20H27NO6. The Morgan fingerprint density at radius 3 is 2.04 bits per heavy atom. The minimum absolute atomic E-state index is 0.0552. The predicted molar refractivity (Wildman–Crippen MR) is 101 cm³/mol. The Morgan fingerprint density at radius 1 is 0.963 bits per heavy atom. The van der Waals surface area contributed by atoms with Gasteiger partial charge in [0.25, 0.3) is 0 Å². The van der Waals surface area contributed by atoms with E-state index in [1.807, 2.05) is 12.1 Å². The molecule has 0 saturated carbocycles. The Kier molecular flexibility index (Phi) is 7.64. The molecular weight excluding hydrogens is 350 g/mol. The van der Waals surface area contributed by atoms with Gasteiger partial charge in [-0.05, 0) is 37.0 Å². The molecule has 0 aromatic heterocycles. The van der Waals surface area contributed by atoms with Gasteiger partial charge in [0.05, 0.1) is 28.4 Å². The number of fused-ring (bicyclic) bond motifs is 1. The zero-order valence-corrected chi connectivity index (χ0v) is 16.4. The summed E-state index contributed by atoms with van der Waals surface area (Å²) in [5.41, 5.74) is 3.00. The molecule has 0 fully saturated rings. The van der Waals surface area contributed by atoms with Crippen molar-refractivity contribution in [2.24, 2.45) is 10.9 Å². The summed E-state index contributed by atoms with van der Waals surface area (Å²) in [7, 11) is 5.94. The van der Waals surface area contributed by atoms with Crippen molar-refractivity contribution >= 4 is 17.7 Å². The Bertz CT molecular complexity index is 693. The number of hydrogen-bond acceptors (Lipinski definition) is 7. The first-order chi connectivity index (χ1) is 13.0. The van der Waals surface area contributed by atoms with Crippen molar-refractivity contribution in [2.75, 3.05) is 35.0 Å². The van der Waals surface area contributed by atoms with Gasteiger partial charge in [0.1, 0.15) is 0 Å². The van der Waals surface area contributed by atoms with Crippen LogP contribution in [0.5, 0.6) is 11.5 Å². The van der Waals surface area contributed by atoms with Crippen LogP contribution in [0.2, 0.25) is 0 Å². The van der Waals surface area contributed by atoms with Crippen LogP contribution in [0, 0.1) is 5.92 Å². The number of methoxy groups -OCH3 is 4. The van der Waals surface area contributed by atoms with Crippen LogP contribution >= 0.6 is 0 Å². The summed E-state index contributed by atoms with van der Waals surface area (Å²) in [6.45, 7) is 0.658. The summed E-state index contributed by atoms with van der Waals surface area (Å²) in [4.78, 5) is 28.0. The smallest absolute Gasteiger partial charge is 0.305 e. The molecule has 0 spiro atoms. The molecule has 0 saturated heterocycles. The largest absolute Gasteiger partial charge is 0.493 e. The summed E-state index contributed by atoms with van der Waals surface area (Å²) >= 11 is 0. The standard InChI is InChI=1S/C20H27NO6/c1-24-16-11-14-9-10-21-20(15(14)12-17(16)25-2)13(5-7-18(22)26-3)6-8-19(23)27-4/h11-13H,5-10H2,1-4H3. The number of esters is 2. The molecule has 27 heavy (non-hydrogen) atoms. The fourth-order valence-electron chi connectivity index (χ4n) is 3.30. The molecule has 1 aliphatic rings. The first-order valence-electron chi connectivity index (χ1n) is 8.97. The fraction of sp³-hybridized carbons (Fsp3) is 0.550. The Morgan fingerprint density at radius 2 is 1.52 bits per heavy atom. The van der Waals surface area contributed by atoms with Gasteiger partial charge in [-0.25, -0.2) is 0 Å². The monoisotopic (exact) mass is 377 g/mol. The summed E-state index contributed by atoms with van der Waals surface area (Å²) in [6, 6.07) is 3.90. The van der Waals surface area contributed by atoms with E-state index in [0.29, 0.717) is 30.9 Å². The van der Waals surface area contributed by atoms with Gasteiger partial charge >= 0.3 is 11.9 Å². The van der Waals surface area contributed by atoms with Gasteiger partial charge < -0.3 is 18.9 Å². The molecule has 1 aromatic rings. The number of ether oxygens (including phenoxy) is 4. The van der Waals surface area contributed by atoms with Crippen molar-refractivity contribution < 1.29 is 28.5 Å². The van der Waals surface area contributed by atoms with Crippen LogP contribution < -0.4 is 9.47 Å². The van der Waals surface area contributed by atoms with E-state index in [1.54, 1.807) is 14.2 Å². The highest BCUT2D eigenvalue weighted by Crippen LogP contribution is 2.35. The molecule has 1 heterocycles. The van der Waals surface area contributed by atoms with Gasteiger partial charge in [-0.2, -0.15) is 0 Å². The lowest BCUT2D eigenvalue weighted by molar-refractivity contribution is -0.141. The lowest BCUT2D eigenvalue weighted by Gasteiger charge is -2.25. The molecule has 0 atom stereocenters. The lowest BCUT2D eigenvalue weighted by atomic mass is 9.84. The SMILES string of the molecule is COC(=O)CCC(CCC(=O)OC)C1=NCCc2cc(OC)c(OC)cc21. The maximum absolute atomic E-state index is 11.6. The van der Waals surface area contributed by atoms with Gasteiger partial charge in [-0.3, -0.25) is 14.6 Å². The van der Waals surface area contributed by atoms with Crippen molar-refractivity contribution in [3.8, 4) is 11.5 Å². The second-order valence-corrected chi connectivity index (χ2v) is 6.31. The van der Waals surface area contributed by atoms with E-state index in [0.717, 1.165) is 23.3 Å². The van der Waals surface area contributed by atoms with Crippen molar-refractivity contribution in [2.45, 2.75) is 32.1 Å². The van der Waals surface area contributed by atoms with Crippen LogP contribution in [0.1, 0.15) is 36.8 Å². The molecule has 0 amide bonds. The third-order valence-corrected chi connectivity index (χ3v) is 4.78. The van der Waals surface area contributed by atoms with Crippen molar-refractivity contribution in [3.05, 3.63) is 23.3 Å². The molecule has 0 bridgehead atoms. The van der Waals surface area contributed by atoms with Crippen molar-refractivity contribution in [1.82, 2.24) is 0 Å². The Hall–Kier alpha value is -2.57. The van der Waals surface area contributed by atoms with Crippen LogP contribution in [0.4, 0.5) is 0 Å². The average Bonchev–Trinajstić information content (AvgIpc) is 2.71. The molecule has 148 valence electrons. The predicted octanol–water partition coefficient (Wildman–Crippen LogP) is 2.57. The normalized spacial score (nSPS) is 12.9. The number of benzene rings is 1. The van der Waals surface area contributed by atoms with Gasteiger partial charge in [0, 0.05) is 36.6 Å². The van der Waals surface area contributed by atoms with E-state index in [1.165, 1.54) is 14.2 Å². The van der Waals surface area contributed by atoms with Crippen molar-refractivity contribution in [3.63, 3.8) is 0 Å². The average molecular weight is 377 g/mol. The van der Waals surface area contributed by atoms with Gasteiger partial charge in [0.2, 0.25) is 0 Å². The number of aliphatic imine (C=N–C) groups is 1. The third kappa shape index (κ3) is 5.21. The summed E-state index contributed by atoms with van der Waals surface area (Å²) < 4.78 is 20.4. The lowest BCUT2D eigenvalue weighted by Crippen LogP contribution is -2.24. The van der Waals surface area contributed by atoms with E-state index in [-0.39, 0.29) is 30.7 Å². The highest BCUT2D eigenvalue weighted by Gasteiger charge is 2.26. The van der Waals surface area contributed by atoms with Crippen molar-refractivity contribution in [1.29, 1.82) is 0 Å². The highest BCUT2D eigenvalue weighted by molar-refractivity contribution is 6.05. The summed E-state index contributed by atoms with van der Waals surface area (Å²) in [5, 5.41) is 0. The van der Waals surface area contributed by atoms with Crippen LogP contribution in [0.15, 0.2) is 17.1 Å². The highest BCUT2D eigenvalue weighted by atomic mass is 16.5. The molecule has 0 radical (unpaired) electrons. The first-order valence-corrected chi connectivity index (χ1v) is 8.97. The fourth-order valence-corrected chi connectivity index (χ4v) is 3.30. The van der Waals surface area contributed by atoms with Gasteiger partial charge in [-0.15, -0.1) is 0 Å². The van der Waals surface area contributed by atoms with E-state index >= 15 is 0 Å². The number of carbonyl (C=O) groups excluding carboxylic acids is 2. The molecule has 7 nitrogen and oxygen atoms in total. The summed E-state index contributed by atoms with van der Waals surface area (Å²) in [6.07, 6.45) is 2.44. The molecule has 1 aromatic carbocycles. The Labute approximate surface area is 159 Å². The molecule has 0 unspecified atom stereocenters. The van der Waals surface area contributed by atoms with Crippen LogP contribution in [-0.4, -0.2) is 52.6 Å². The second-order valence-electron chi connectivity index (χ2n) is 6.31. The number of carbonyl (C=O) groups is 2. The number of hydrogen-bond donors (Lipinski definition) is 0. The van der Waals surface area contributed by atoms with E-state index in [2.05, 4.69) is 0 Å². The minimum atomic E-state index is -0.276. The van der Waals surface area contributed by atoms with Crippen LogP contribution in [-0.2, 0) is 25.5 Å².